The van der Waals surface area contributed by atoms with Gasteiger partial charge in [-0.1, -0.05) is 25.7 Å². The summed E-state index contributed by atoms with van der Waals surface area (Å²) in [5.74, 6) is 9.43. The third-order valence-corrected chi connectivity index (χ3v) is 10.0. The zero-order chi connectivity index (χ0) is 13.9. The molecule has 0 spiro atoms. The molecule has 2 rings (SSSR count). The van der Waals surface area contributed by atoms with Crippen molar-refractivity contribution >= 4 is 21.8 Å². The van der Waals surface area contributed by atoms with E-state index in [1.165, 1.54) is 77.0 Å². The molecule has 0 saturated carbocycles. The fraction of sp³-hybridized carbons (Fsp3) is 1.00. The Hall–Kier alpha value is 0.700. The fourth-order valence-corrected chi connectivity index (χ4v) is 8.41. The number of hydrogen-bond donors (Lipinski definition) is 0. The molecule has 20 heavy (non-hydrogen) atoms. The summed E-state index contributed by atoms with van der Waals surface area (Å²) in [5, 5.41) is 0. The summed E-state index contributed by atoms with van der Waals surface area (Å²) < 4.78 is 0. The van der Waals surface area contributed by atoms with Gasteiger partial charge < -0.3 is 0 Å². The van der Waals surface area contributed by atoms with Gasteiger partial charge in [0.15, 0.2) is 0 Å². The van der Waals surface area contributed by atoms with E-state index in [0.29, 0.717) is 0 Å². The molecular weight excluding hydrogens is 280 g/mol. The lowest BCUT2D eigenvalue weighted by molar-refractivity contribution is 0.587. The summed E-state index contributed by atoms with van der Waals surface area (Å²) in [5.41, 5.74) is 0. The van der Waals surface area contributed by atoms with E-state index in [0.717, 1.165) is 21.8 Å². The van der Waals surface area contributed by atoms with E-state index >= 15 is 0 Å². The maximum atomic E-state index is 1.57. The van der Waals surface area contributed by atoms with Gasteiger partial charge in [-0.25, -0.2) is 0 Å². The smallest absolute Gasteiger partial charge is 0.0533 e. The van der Waals surface area contributed by atoms with Crippen molar-refractivity contribution in [2.45, 2.75) is 77.0 Å². The second kappa shape index (κ2) is 11.3. The highest BCUT2D eigenvalue weighted by Crippen LogP contribution is 2.17. The lowest BCUT2D eigenvalue weighted by Gasteiger charge is -2.03. The van der Waals surface area contributed by atoms with Gasteiger partial charge in [0.05, 0.1) is 0 Å². The van der Waals surface area contributed by atoms with Crippen LogP contribution in [0.25, 0.3) is 0 Å². The molecule has 0 radical (unpaired) electrons. The summed E-state index contributed by atoms with van der Waals surface area (Å²) in [7, 11) is 1.72. The molecule has 0 unspecified atom stereocenters. The Kier molecular flexibility index (Phi) is 9.63. The first-order valence-electron chi connectivity index (χ1n) is 9.23. The van der Waals surface area contributed by atoms with Crippen LogP contribution in [-0.2, 0) is 21.8 Å². The first-order valence-corrected chi connectivity index (χ1v) is 12.7. The molecule has 0 aromatic carbocycles. The summed E-state index contributed by atoms with van der Waals surface area (Å²) in [6, 6.07) is 0. The van der Waals surface area contributed by atoms with E-state index in [1.807, 2.05) is 0 Å². The first kappa shape index (κ1) is 17.1. The van der Waals surface area contributed by atoms with Crippen molar-refractivity contribution in [3.8, 4) is 0 Å². The van der Waals surface area contributed by atoms with Gasteiger partial charge >= 0.3 is 0 Å². The summed E-state index contributed by atoms with van der Waals surface area (Å²) in [6.07, 6.45) is 18.3. The van der Waals surface area contributed by atoms with Gasteiger partial charge in [-0.2, -0.15) is 0 Å². The second-order valence-corrected chi connectivity index (χ2v) is 11.6. The maximum Gasteiger partial charge on any atom is 0.108 e. The molecule has 0 nitrogen and oxygen atoms in total. The van der Waals surface area contributed by atoms with Gasteiger partial charge in [-0.15, -0.1) is 0 Å². The quantitative estimate of drug-likeness (QED) is 0.374. The van der Waals surface area contributed by atoms with Gasteiger partial charge in [-0.05, 0) is 73.2 Å². The Morgan fingerprint density at radius 3 is 1.05 bits per heavy atom. The molecule has 0 N–H and O–H groups in total. The minimum Gasteiger partial charge on any atom is -0.0533 e. The zero-order valence-corrected chi connectivity index (χ0v) is 15.2. The predicted molar refractivity (Wildman–Crippen MR) is 99.3 cm³/mol. The highest BCUT2D eigenvalue weighted by molar-refractivity contribution is 7.97. The van der Waals surface area contributed by atoms with Gasteiger partial charge in [0.1, 0.15) is 34.5 Å². The Bertz CT molecular complexity index is 193. The fourth-order valence-electron chi connectivity index (χ4n) is 3.51. The van der Waals surface area contributed by atoms with Crippen molar-refractivity contribution in [2.24, 2.45) is 0 Å². The third kappa shape index (κ3) is 7.64. The molecule has 2 saturated heterocycles. The molecule has 0 aromatic heterocycles. The standard InChI is InChI=1S/C18H36S2/c1(3-5-7-13-19-15-9-10-16-19)2-4-6-8-14-20-17-11-12-18-20/h1-18H2/q+2. The average molecular weight is 317 g/mol. The van der Waals surface area contributed by atoms with E-state index in [-0.39, 0.29) is 0 Å². The molecule has 0 atom stereocenters. The highest BCUT2D eigenvalue weighted by atomic mass is 32.2. The Balaban J connectivity index is 1.26. The molecule has 2 aliphatic heterocycles. The van der Waals surface area contributed by atoms with Crippen LogP contribution in [0, 0.1) is 0 Å². The second-order valence-electron chi connectivity index (χ2n) is 6.69. The lowest BCUT2D eigenvalue weighted by atomic mass is 10.1. The topological polar surface area (TPSA) is 0 Å². The van der Waals surface area contributed by atoms with Crippen LogP contribution in [0.3, 0.4) is 0 Å². The number of hydrogen-bond acceptors (Lipinski definition) is 0. The van der Waals surface area contributed by atoms with Crippen LogP contribution < -0.4 is 0 Å². The number of rotatable bonds is 11. The Morgan fingerprint density at radius 2 is 0.700 bits per heavy atom. The largest absolute Gasteiger partial charge is 0.108 e. The molecule has 2 heterocycles. The maximum absolute atomic E-state index is 1.57. The predicted octanol–water partition coefficient (Wildman–Crippen LogP) is 4.93. The Morgan fingerprint density at radius 1 is 0.400 bits per heavy atom. The molecule has 2 aliphatic rings. The minimum atomic E-state index is 0.860. The van der Waals surface area contributed by atoms with Crippen molar-refractivity contribution in [1.82, 2.24) is 0 Å². The molecule has 118 valence electrons. The SMILES string of the molecule is C(CCCCC[S+]1CCCC1)CCCC[S+]1CCCC1. The van der Waals surface area contributed by atoms with Crippen LogP contribution in [0.4, 0.5) is 0 Å². The van der Waals surface area contributed by atoms with Crippen molar-refractivity contribution in [3.63, 3.8) is 0 Å². The molecule has 0 aliphatic carbocycles. The summed E-state index contributed by atoms with van der Waals surface area (Å²) in [4.78, 5) is 0. The van der Waals surface area contributed by atoms with Crippen LogP contribution in [0.15, 0.2) is 0 Å². The van der Waals surface area contributed by atoms with Gasteiger partial charge in [-0.3, -0.25) is 0 Å². The van der Waals surface area contributed by atoms with Crippen molar-refractivity contribution in [2.75, 3.05) is 34.5 Å². The van der Waals surface area contributed by atoms with Crippen LogP contribution in [0.1, 0.15) is 77.0 Å². The first-order chi connectivity index (χ1) is 9.95. The van der Waals surface area contributed by atoms with Gasteiger partial charge in [0.2, 0.25) is 0 Å². The van der Waals surface area contributed by atoms with Crippen molar-refractivity contribution < 1.29 is 0 Å². The van der Waals surface area contributed by atoms with Crippen LogP contribution in [-0.4, -0.2) is 34.5 Å². The van der Waals surface area contributed by atoms with Crippen molar-refractivity contribution in [3.05, 3.63) is 0 Å². The van der Waals surface area contributed by atoms with Crippen molar-refractivity contribution in [1.29, 1.82) is 0 Å². The molecular formula is C18H36S2+2. The van der Waals surface area contributed by atoms with Gasteiger partial charge in [0, 0.05) is 0 Å². The van der Waals surface area contributed by atoms with E-state index in [1.54, 1.807) is 34.5 Å². The van der Waals surface area contributed by atoms with E-state index in [2.05, 4.69) is 0 Å². The third-order valence-electron chi connectivity index (χ3n) is 4.85. The zero-order valence-electron chi connectivity index (χ0n) is 13.5. The molecule has 0 aromatic rings. The van der Waals surface area contributed by atoms with E-state index in [4.69, 9.17) is 0 Å². The molecule has 0 amide bonds. The van der Waals surface area contributed by atoms with Gasteiger partial charge in [0.25, 0.3) is 0 Å². The minimum absolute atomic E-state index is 0.860. The number of unbranched alkanes of at least 4 members (excludes halogenated alkanes) is 7. The van der Waals surface area contributed by atoms with Crippen LogP contribution >= 0.6 is 0 Å². The van der Waals surface area contributed by atoms with E-state index in [9.17, 15) is 0 Å². The molecule has 2 fully saturated rings. The summed E-state index contributed by atoms with van der Waals surface area (Å²) in [6.45, 7) is 0. The average Bonchev–Trinajstić information content (AvgIpc) is 3.14. The summed E-state index contributed by atoms with van der Waals surface area (Å²) >= 11 is 0. The monoisotopic (exact) mass is 316 g/mol. The Labute approximate surface area is 133 Å². The highest BCUT2D eigenvalue weighted by Gasteiger charge is 2.23. The lowest BCUT2D eigenvalue weighted by Crippen LogP contribution is -2.08. The van der Waals surface area contributed by atoms with E-state index < -0.39 is 0 Å². The molecule has 2 heteroatoms. The molecule has 0 bridgehead atoms. The van der Waals surface area contributed by atoms with Crippen LogP contribution in [0.5, 0.6) is 0 Å². The van der Waals surface area contributed by atoms with Crippen LogP contribution in [0.2, 0.25) is 0 Å². The normalized spacial score (nSPS) is 21.0.